The average molecular weight is 275 g/mol. The molecule has 2 N–H and O–H groups in total. The van der Waals surface area contributed by atoms with E-state index in [0.29, 0.717) is 0 Å². The van der Waals surface area contributed by atoms with Gasteiger partial charge in [-0.05, 0) is 43.7 Å². The molecule has 2 fully saturated rings. The average Bonchev–Trinajstić information content (AvgIpc) is 3.30. The molecule has 1 saturated heterocycles. The first-order chi connectivity index (χ1) is 9.80. The largest absolute Gasteiger partial charge is 0.388 e. The number of benzene rings is 1. The minimum Gasteiger partial charge on any atom is -0.388 e. The Labute approximate surface area is 121 Å². The first kappa shape index (κ1) is 14.1. The van der Waals surface area contributed by atoms with E-state index < -0.39 is 0 Å². The van der Waals surface area contributed by atoms with Gasteiger partial charge in [-0.15, -0.1) is 0 Å². The molecule has 2 aliphatic rings. The highest BCUT2D eigenvalue weighted by molar-refractivity contribution is 5.22. The molecule has 1 heterocycles. The van der Waals surface area contributed by atoms with Gasteiger partial charge < -0.3 is 15.2 Å². The summed E-state index contributed by atoms with van der Waals surface area (Å²) in [6, 6.07) is 10.1. The monoisotopic (exact) mass is 275 g/mol. The molecule has 0 amide bonds. The van der Waals surface area contributed by atoms with E-state index in [4.69, 9.17) is 4.74 Å². The molecule has 0 aromatic heterocycles. The van der Waals surface area contributed by atoms with Crippen LogP contribution in [0.25, 0.3) is 0 Å². The van der Waals surface area contributed by atoms with Gasteiger partial charge in [0.05, 0.1) is 6.10 Å². The molecule has 3 nitrogen and oxygen atoms in total. The molecule has 1 unspecified atom stereocenters. The van der Waals surface area contributed by atoms with E-state index in [1.54, 1.807) is 0 Å². The number of ether oxygens (including phenoxy) is 1. The van der Waals surface area contributed by atoms with Gasteiger partial charge in [0.1, 0.15) is 0 Å². The Kier molecular flexibility index (Phi) is 4.39. The van der Waals surface area contributed by atoms with E-state index in [1.807, 2.05) is 30.3 Å². The molecule has 1 aromatic rings. The van der Waals surface area contributed by atoms with Crippen molar-refractivity contribution in [2.75, 3.05) is 26.3 Å². The third kappa shape index (κ3) is 3.22. The van der Waals surface area contributed by atoms with Crippen LogP contribution in [0.5, 0.6) is 0 Å². The van der Waals surface area contributed by atoms with E-state index in [2.05, 4.69) is 5.32 Å². The maximum atomic E-state index is 10.6. The van der Waals surface area contributed by atoms with Gasteiger partial charge in [-0.25, -0.2) is 0 Å². The van der Waals surface area contributed by atoms with E-state index >= 15 is 0 Å². The van der Waals surface area contributed by atoms with Crippen molar-refractivity contribution < 1.29 is 9.84 Å². The summed E-state index contributed by atoms with van der Waals surface area (Å²) in [6.07, 6.45) is 4.27. The molecule has 1 saturated carbocycles. The second-order valence-electron chi connectivity index (χ2n) is 6.36. The number of aliphatic hydroxyl groups is 1. The third-order valence-corrected chi connectivity index (χ3v) is 4.84. The number of aliphatic hydroxyl groups excluding tert-OH is 1. The first-order valence-electron chi connectivity index (χ1n) is 7.82. The van der Waals surface area contributed by atoms with E-state index in [-0.39, 0.29) is 11.5 Å². The summed E-state index contributed by atoms with van der Waals surface area (Å²) in [5.74, 6) is 0.744. The van der Waals surface area contributed by atoms with Crippen molar-refractivity contribution in [2.45, 2.75) is 31.8 Å². The summed E-state index contributed by atoms with van der Waals surface area (Å²) >= 11 is 0. The fraction of sp³-hybridized carbons (Fsp3) is 0.647. The van der Waals surface area contributed by atoms with Crippen LogP contribution < -0.4 is 5.32 Å². The van der Waals surface area contributed by atoms with Crippen molar-refractivity contribution in [3.8, 4) is 0 Å². The Hall–Kier alpha value is -0.900. The number of hydrogen-bond acceptors (Lipinski definition) is 3. The SMILES string of the molecule is OC(c1ccccc1)C1(CNCC2CCOCC2)CC1. The Bertz CT molecular complexity index is 410. The van der Waals surface area contributed by atoms with Crippen LogP contribution in [0, 0.1) is 11.3 Å². The van der Waals surface area contributed by atoms with Gasteiger partial charge in [0.2, 0.25) is 0 Å². The van der Waals surface area contributed by atoms with Gasteiger partial charge in [0.25, 0.3) is 0 Å². The van der Waals surface area contributed by atoms with E-state index in [0.717, 1.165) is 50.6 Å². The molecule has 1 aliphatic heterocycles. The van der Waals surface area contributed by atoms with Crippen LogP contribution in [-0.4, -0.2) is 31.4 Å². The summed E-state index contributed by atoms with van der Waals surface area (Å²) in [5.41, 5.74) is 1.13. The molecule has 3 heteroatoms. The van der Waals surface area contributed by atoms with Crippen molar-refractivity contribution in [2.24, 2.45) is 11.3 Å². The summed E-state index contributed by atoms with van der Waals surface area (Å²) in [5, 5.41) is 14.2. The van der Waals surface area contributed by atoms with Gasteiger partial charge in [-0.2, -0.15) is 0 Å². The van der Waals surface area contributed by atoms with Crippen molar-refractivity contribution >= 4 is 0 Å². The maximum Gasteiger partial charge on any atom is 0.0858 e. The minimum absolute atomic E-state index is 0.0759. The molecule has 3 rings (SSSR count). The second-order valence-corrected chi connectivity index (χ2v) is 6.36. The lowest BCUT2D eigenvalue weighted by Gasteiger charge is -2.26. The van der Waals surface area contributed by atoms with Gasteiger partial charge in [-0.3, -0.25) is 0 Å². The minimum atomic E-state index is -0.328. The fourth-order valence-electron chi connectivity index (χ4n) is 3.17. The Morgan fingerprint density at radius 1 is 1.20 bits per heavy atom. The predicted molar refractivity (Wildman–Crippen MR) is 79.5 cm³/mol. The quantitative estimate of drug-likeness (QED) is 0.838. The molecule has 1 aliphatic carbocycles. The van der Waals surface area contributed by atoms with Crippen LogP contribution in [0.15, 0.2) is 30.3 Å². The fourth-order valence-corrected chi connectivity index (χ4v) is 3.17. The topological polar surface area (TPSA) is 41.5 Å². The highest BCUT2D eigenvalue weighted by Gasteiger charge is 2.48. The Balaban J connectivity index is 1.49. The van der Waals surface area contributed by atoms with Gasteiger partial charge in [0.15, 0.2) is 0 Å². The van der Waals surface area contributed by atoms with Gasteiger partial charge in [-0.1, -0.05) is 30.3 Å². The van der Waals surface area contributed by atoms with Crippen LogP contribution in [0.2, 0.25) is 0 Å². The molecule has 0 bridgehead atoms. The molecular weight excluding hydrogens is 250 g/mol. The molecule has 20 heavy (non-hydrogen) atoms. The molecule has 110 valence electrons. The lowest BCUT2D eigenvalue weighted by molar-refractivity contribution is 0.0623. The standard InChI is InChI=1S/C17H25NO2/c19-16(15-4-2-1-3-5-15)17(8-9-17)13-18-12-14-6-10-20-11-7-14/h1-5,14,16,18-19H,6-13H2. The molecule has 0 spiro atoms. The summed E-state index contributed by atoms with van der Waals surface area (Å²) < 4.78 is 5.39. The second kappa shape index (κ2) is 6.25. The third-order valence-electron chi connectivity index (χ3n) is 4.84. The zero-order chi connectivity index (χ0) is 13.8. The van der Waals surface area contributed by atoms with Crippen LogP contribution in [0.4, 0.5) is 0 Å². The van der Waals surface area contributed by atoms with Crippen molar-refractivity contribution in [3.05, 3.63) is 35.9 Å². The summed E-state index contributed by atoms with van der Waals surface area (Å²) in [6.45, 7) is 3.81. The lowest BCUT2D eigenvalue weighted by Crippen LogP contribution is -2.34. The zero-order valence-corrected chi connectivity index (χ0v) is 12.1. The molecule has 1 atom stereocenters. The Morgan fingerprint density at radius 3 is 2.55 bits per heavy atom. The normalized spacial score (nSPS) is 23.4. The van der Waals surface area contributed by atoms with E-state index in [9.17, 15) is 5.11 Å². The molecular formula is C17H25NO2. The highest BCUT2D eigenvalue weighted by atomic mass is 16.5. The predicted octanol–water partition coefficient (Wildman–Crippen LogP) is 2.52. The number of hydrogen-bond donors (Lipinski definition) is 2. The number of nitrogens with one attached hydrogen (secondary N) is 1. The van der Waals surface area contributed by atoms with Crippen molar-refractivity contribution in [1.29, 1.82) is 0 Å². The first-order valence-corrected chi connectivity index (χ1v) is 7.82. The van der Waals surface area contributed by atoms with Crippen LogP contribution in [0.1, 0.15) is 37.4 Å². The molecule has 0 radical (unpaired) electrons. The smallest absolute Gasteiger partial charge is 0.0858 e. The van der Waals surface area contributed by atoms with E-state index in [1.165, 1.54) is 12.8 Å². The summed E-state index contributed by atoms with van der Waals surface area (Å²) in [7, 11) is 0. The highest BCUT2D eigenvalue weighted by Crippen LogP contribution is 2.54. The van der Waals surface area contributed by atoms with Crippen LogP contribution in [-0.2, 0) is 4.74 Å². The van der Waals surface area contributed by atoms with Gasteiger partial charge in [0, 0.05) is 25.2 Å². The van der Waals surface area contributed by atoms with Gasteiger partial charge >= 0.3 is 0 Å². The van der Waals surface area contributed by atoms with Crippen LogP contribution >= 0.6 is 0 Å². The van der Waals surface area contributed by atoms with Crippen LogP contribution in [0.3, 0.4) is 0 Å². The maximum absolute atomic E-state index is 10.6. The zero-order valence-electron chi connectivity index (χ0n) is 12.1. The molecule has 1 aromatic carbocycles. The number of rotatable bonds is 6. The lowest BCUT2D eigenvalue weighted by atomic mass is 9.92. The summed E-state index contributed by atoms with van der Waals surface area (Å²) in [4.78, 5) is 0. The van der Waals surface area contributed by atoms with Crippen molar-refractivity contribution in [1.82, 2.24) is 5.32 Å². The Morgan fingerprint density at radius 2 is 1.90 bits per heavy atom. The van der Waals surface area contributed by atoms with Crippen molar-refractivity contribution in [3.63, 3.8) is 0 Å².